The molecule has 1 aliphatic heterocycles. The van der Waals surface area contributed by atoms with Crippen LogP contribution in [-0.4, -0.2) is 19.2 Å². The lowest BCUT2D eigenvalue weighted by Crippen LogP contribution is -2.38. The molecule has 2 aromatic rings. The van der Waals surface area contributed by atoms with Gasteiger partial charge in [-0.2, -0.15) is 5.26 Å². The Kier molecular flexibility index (Phi) is 4.42. The van der Waals surface area contributed by atoms with Crippen molar-refractivity contribution in [3.05, 3.63) is 59.7 Å². The number of benzene rings is 2. The minimum atomic E-state index is -0.491. The summed E-state index contributed by atoms with van der Waals surface area (Å²) < 4.78 is 32.4. The van der Waals surface area contributed by atoms with Gasteiger partial charge in [-0.05, 0) is 36.4 Å². The molecule has 23 heavy (non-hydrogen) atoms. The third kappa shape index (κ3) is 3.42. The summed E-state index contributed by atoms with van der Waals surface area (Å²) in [6.45, 7) is 1.37. The number of anilines is 1. The molecule has 0 aromatic heterocycles. The second kappa shape index (κ2) is 6.66. The smallest absolute Gasteiger partial charge is 0.143 e. The molecule has 0 aliphatic carbocycles. The van der Waals surface area contributed by atoms with E-state index in [1.165, 1.54) is 18.2 Å². The standard InChI is InChI=1S/C18H16F2N2O/c19-13-4-6-14(7-5-13)23-15-8-10-22(11-9-15)18-3-1-2-17(20)16(18)12-21/h1-7,15H,8-11H2. The van der Waals surface area contributed by atoms with Crippen LogP contribution in [-0.2, 0) is 0 Å². The molecule has 0 spiro atoms. The number of nitriles is 1. The van der Waals surface area contributed by atoms with Crippen LogP contribution >= 0.6 is 0 Å². The number of nitrogens with zero attached hydrogens (tertiary/aromatic N) is 2. The van der Waals surface area contributed by atoms with Gasteiger partial charge in [-0.15, -0.1) is 0 Å². The molecular formula is C18H16F2N2O. The molecule has 1 heterocycles. The summed E-state index contributed by atoms with van der Waals surface area (Å²) in [7, 11) is 0. The van der Waals surface area contributed by atoms with Crippen LogP contribution in [0.2, 0.25) is 0 Å². The van der Waals surface area contributed by atoms with Crippen LogP contribution in [0.5, 0.6) is 5.75 Å². The molecule has 0 radical (unpaired) electrons. The Bertz CT molecular complexity index is 717. The van der Waals surface area contributed by atoms with Gasteiger partial charge in [-0.3, -0.25) is 0 Å². The van der Waals surface area contributed by atoms with E-state index in [2.05, 4.69) is 0 Å². The van der Waals surface area contributed by atoms with Crippen LogP contribution in [0.4, 0.5) is 14.5 Å². The Labute approximate surface area is 133 Å². The van der Waals surface area contributed by atoms with E-state index in [0.717, 1.165) is 12.8 Å². The van der Waals surface area contributed by atoms with E-state index < -0.39 is 5.82 Å². The fourth-order valence-electron chi connectivity index (χ4n) is 2.81. The average Bonchev–Trinajstić information content (AvgIpc) is 2.57. The van der Waals surface area contributed by atoms with Gasteiger partial charge in [0.2, 0.25) is 0 Å². The maximum absolute atomic E-state index is 13.7. The first-order valence-corrected chi connectivity index (χ1v) is 7.53. The van der Waals surface area contributed by atoms with Crippen molar-refractivity contribution in [2.24, 2.45) is 0 Å². The Balaban J connectivity index is 1.64. The van der Waals surface area contributed by atoms with E-state index >= 15 is 0 Å². The van der Waals surface area contributed by atoms with Crippen LogP contribution < -0.4 is 9.64 Å². The summed E-state index contributed by atoms with van der Waals surface area (Å²) >= 11 is 0. The maximum atomic E-state index is 13.7. The molecule has 0 unspecified atom stereocenters. The van der Waals surface area contributed by atoms with Crippen molar-refractivity contribution >= 4 is 5.69 Å². The van der Waals surface area contributed by atoms with Gasteiger partial charge >= 0.3 is 0 Å². The van der Waals surface area contributed by atoms with E-state index in [-0.39, 0.29) is 17.5 Å². The lowest BCUT2D eigenvalue weighted by atomic mass is 10.0. The van der Waals surface area contributed by atoms with Crippen molar-refractivity contribution in [3.63, 3.8) is 0 Å². The minimum Gasteiger partial charge on any atom is -0.490 e. The summed E-state index contributed by atoms with van der Waals surface area (Å²) in [5.41, 5.74) is 0.720. The van der Waals surface area contributed by atoms with Gasteiger partial charge < -0.3 is 9.64 Å². The lowest BCUT2D eigenvalue weighted by Gasteiger charge is -2.34. The molecule has 0 saturated carbocycles. The van der Waals surface area contributed by atoms with Gasteiger partial charge in [0.15, 0.2) is 0 Å². The Morgan fingerprint density at radius 3 is 2.39 bits per heavy atom. The van der Waals surface area contributed by atoms with Gasteiger partial charge in [-0.25, -0.2) is 8.78 Å². The number of ether oxygens (including phenoxy) is 1. The minimum absolute atomic E-state index is 0.0378. The molecule has 0 N–H and O–H groups in total. The van der Waals surface area contributed by atoms with Crippen molar-refractivity contribution in [2.45, 2.75) is 18.9 Å². The van der Waals surface area contributed by atoms with Crippen molar-refractivity contribution in [1.29, 1.82) is 5.26 Å². The van der Waals surface area contributed by atoms with Crippen molar-refractivity contribution in [3.8, 4) is 11.8 Å². The summed E-state index contributed by atoms with van der Waals surface area (Å²) in [6, 6.07) is 12.6. The summed E-state index contributed by atoms with van der Waals surface area (Å²) in [5, 5.41) is 9.13. The third-order valence-electron chi connectivity index (χ3n) is 4.00. The van der Waals surface area contributed by atoms with Crippen LogP contribution in [0, 0.1) is 23.0 Å². The van der Waals surface area contributed by atoms with Crippen molar-refractivity contribution in [1.82, 2.24) is 0 Å². The fraction of sp³-hybridized carbons (Fsp3) is 0.278. The number of halogens is 2. The van der Waals surface area contributed by atoms with Gasteiger partial charge in [0.25, 0.3) is 0 Å². The highest BCUT2D eigenvalue weighted by molar-refractivity contribution is 5.60. The molecule has 5 heteroatoms. The molecule has 3 nitrogen and oxygen atoms in total. The van der Waals surface area contributed by atoms with Crippen LogP contribution in [0.3, 0.4) is 0 Å². The number of hydrogen-bond acceptors (Lipinski definition) is 3. The van der Waals surface area contributed by atoms with E-state index in [1.807, 2.05) is 11.0 Å². The molecule has 0 atom stereocenters. The Morgan fingerprint density at radius 2 is 1.74 bits per heavy atom. The highest BCUT2D eigenvalue weighted by atomic mass is 19.1. The molecule has 1 aliphatic rings. The Hall–Kier alpha value is -2.61. The average molecular weight is 314 g/mol. The van der Waals surface area contributed by atoms with Crippen molar-refractivity contribution < 1.29 is 13.5 Å². The van der Waals surface area contributed by atoms with E-state index in [9.17, 15) is 8.78 Å². The molecule has 0 amide bonds. The molecule has 1 saturated heterocycles. The summed E-state index contributed by atoms with van der Waals surface area (Å²) in [5.74, 6) is -0.134. The predicted molar refractivity (Wildman–Crippen MR) is 83.4 cm³/mol. The molecular weight excluding hydrogens is 298 g/mol. The summed E-state index contributed by atoms with van der Waals surface area (Å²) in [4.78, 5) is 2.01. The third-order valence-corrected chi connectivity index (χ3v) is 4.00. The van der Waals surface area contributed by atoms with Crippen LogP contribution in [0.25, 0.3) is 0 Å². The molecule has 0 bridgehead atoms. The second-order valence-electron chi connectivity index (χ2n) is 5.50. The second-order valence-corrected chi connectivity index (χ2v) is 5.50. The van der Waals surface area contributed by atoms with Crippen LogP contribution in [0.1, 0.15) is 18.4 Å². The number of hydrogen-bond donors (Lipinski definition) is 0. The fourth-order valence-corrected chi connectivity index (χ4v) is 2.81. The number of piperidine rings is 1. The normalized spacial score (nSPS) is 15.3. The van der Waals surface area contributed by atoms with Gasteiger partial charge in [0.1, 0.15) is 35.1 Å². The Morgan fingerprint density at radius 1 is 1.04 bits per heavy atom. The lowest BCUT2D eigenvalue weighted by molar-refractivity contribution is 0.171. The predicted octanol–water partition coefficient (Wildman–Crippen LogP) is 3.88. The first-order valence-electron chi connectivity index (χ1n) is 7.53. The SMILES string of the molecule is N#Cc1c(F)cccc1N1CCC(Oc2ccc(F)cc2)CC1. The maximum Gasteiger partial charge on any atom is 0.143 e. The quantitative estimate of drug-likeness (QED) is 0.862. The highest BCUT2D eigenvalue weighted by Crippen LogP contribution is 2.27. The van der Waals surface area contributed by atoms with Crippen molar-refractivity contribution in [2.75, 3.05) is 18.0 Å². The van der Waals surface area contributed by atoms with Gasteiger partial charge in [-0.1, -0.05) is 6.07 Å². The monoisotopic (exact) mass is 314 g/mol. The number of rotatable bonds is 3. The van der Waals surface area contributed by atoms with E-state index in [4.69, 9.17) is 10.00 Å². The van der Waals surface area contributed by atoms with Crippen LogP contribution in [0.15, 0.2) is 42.5 Å². The zero-order valence-corrected chi connectivity index (χ0v) is 12.5. The highest BCUT2D eigenvalue weighted by Gasteiger charge is 2.23. The van der Waals surface area contributed by atoms with E-state index in [0.29, 0.717) is 24.5 Å². The van der Waals surface area contributed by atoms with E-state index in [1.54, 1.807) is 24.3 Å². The zero-order chi connectivity index (χ0) is 16.2. The van der Waals surface area contributed by atoms with Gasteiger partial charge in [0.05, 0.1) is 5.69 Å². The molecule has 1 fully saturated rings. The molecule has 3 rings (SSSR count). The topological polar surface area (TPSA) is 36.3 Å². The largest absolute Gasteiger partial charge is 0.490 e. The zero-order valence-electron chi connectivity index (χ0n) is 12.5. The van der Waals surface area contributed by atoms with Gasteiger partial charge in [0, 0.05) is 25.9 Å². The first kappa shape index (κ1) is 15.3. The summed E-state index contributed by atoms with van der Waals surface area (Å²) in [6.07, 6.45) is 1.56. The molecule has 2 aromatic carbocycles. The first-order chi connectivity index (χ1) is 11.2. The molecule has 118 valence electrons.